The van der Waals surface area contributed by atoms with E-state index in [4.69, 9.17) is 4.74 Å². The molecule has 1 aliphatic rings. The molecule has 1 aromatic carbocycles. The number of anilines is 1. The first-order chi connectivity index (χ1) is 13.9. The van der Waals surface area contributed by atoms with Crippen molar-refractivity contribution in [3.8, 4) is 5.75 Å². The second kappa shape index (κ2) is 7.43. The minimum Gasteiger partial charge on any atom is -0.473 e. The van der Waals surface area contributed by atoms with Crippen molar-refractivity contribution in [2.24, 2.45) is 0 Å². The van der Waals surface area contributed by atoms with Crippen LogP contribution in [0.3, 0.4) is 0 Å². The molecule has 0 bridgehead atoms. The molecule has 0 saturated heterocycles. The van der Waals surface area contributed by atoms with E-state index >= 15 is 0 Å². The van der Waals surface area contributed by atoms with Crippen molar-refractivity contribution in [3.05, 3.63) is 65.5 Å². The maximum absolute atomic E-state index is 12.6. The van der Waals surface area contributed by atoms with E-state index in [1.807, 2.05) is 13.1 Å². The fourth-order valence-corrected chi connectivity index (χ4v) is 3.35. The quantitative estimate of drug-likeness (QED) is 0.670. The zero-order valence-electron chi connectivity index (χ0n) is 16.5. The molecule has 2 aromatic heterocycles. The van der Waals surface area contributed by atoms with Crippen molar-refractivity contribution >= 4 is 28.5 Å². The van der Waals surface area contributed by atoms with Gasteiger partial charge in [-0.1, -0.05) is 0 Å². The molecular formula is C22H22N4O3. The number of hydrogen-bond acceptors (Lipinski definition) is 4. The summed E-state index contributed by atoms with van der Waals surface area (Å²) in [5, 5.41) is 3.83. The highest BCUT2D eigenvalue weighted by atomic mass is 16.5. The Morgan fingerprint density at radius 3 is 2.97 bits per heavy atom. The predicted octanol–water partition coefficient (Wildman–Crippen LogP) is 3.09. The molecule has 0 saturated carbocycles. The Balaban J connectivity index is 1.45. The first-order valence-electron chi connectivity index (χ1n) is 9.35. The monoisotopic (exact) mass is 390 g/mol. The summed E-state index contributed by atoms with van der Waals surface area (Å²) in [6.07, 6.45) is 5.53. The van der Waals surface area contributed by atoms with Crippen LogP contribution in [0.2, 0.25) is 0 Å². The standard InChI is InChI=1S/C22H22N4O3/c1-13-9-17-16(14(2)11-24-17)10-15(13)12-26(3)20(27)7-6-19-22(28)25-21-18(29-19)5-4-8-23-21/h4-11,19,24H,12H2,1-3H3,(H,23,25,28)/b7-6+. The maximum atomic E-state index is 12.6. The first-order valence-corrected chi connectivity index (χ1v) is 9.35. The second-order valence-corrected chi connectivity index (χ2v) is 7.23. The molecule has 148 valence electrons. The van der Waals surface area contributed by atoms with Gasteiger partial charge in [-0.25, -0.2) is 4.98 Å². The van der Waals surface area contributed by atoms with Gasteiger partial charge in [0.1, 0.15) is 0 Å². The van der Waals surface area contributed by atoms with Crippen LogP contribution in [-0.4, -0.2) is 39.8 Å². The van der Waals surface area contributed by atoms with Crippen LogP contribution in [0.25, 0.3) is 10.9 Å². The summed E-state index contributed by atoms with van der Waals surface area (Å²) < 4.78 is 5.63. The van der Waals surface area contributed by atoms with Crippen LogP contribution < -0.4 is 10.1 Å². The van der Waals surface area contributed by atoms with E-state index in [1.165, 1.54) is 17.7 Å². The normalized spacial score (nSPS) is 15.8. The Kier molecular flexibility index (Phi) is 4.80. The Bertz CT molecular complexity index is 1130. The number of hydrogen-bond donors (Lipinski definition) is 2. The number of benzene rings is 1. The number of nitrogens with one attached hydrogen (secondary N) is 2. The highest BCUT2D eigenvalue weighted by Gasteiger charge is 2.26. The summed E-state index contributed by atoms with van der Waals surface area (Å²) in [6.45, 7) is 4.56. The fraction of sp³-hybridized carbons (Fsp3) is 0.227. The van der Waals surface area contributed by atoms with Gasteiger partial charge in [-0.15, -0.1) is 0 Å². The highest BCUT2D eigenvalue weighted by molar-refractivity contribution is 5.99. The van der Waals surface area contributed by atoms with Crippen LogP contribution in [-0.2, 0) is 16.1 Å². The average molecular weight is 390 g/mol. The van der Waals surface area contributed by atoms with E-state index < -0.39 is 6.10 Å². The molecule has 1 atom stereocenters. The predicted molar refractivity (Wildman–Crippen MR) is 111 cm³/mol. The number of nitrogens with zero attached hydrogens (tertiary/aromatic N) is 2. The smallest absolute Gasteiger partial charge is 0.270 e. The van der Waals surface area contributed by atoms with Crippen molar-refractivity contribution in [2.75, 3.05) is 12.4 Å². The van der Waals surface area contributed by atoms with Gasteiger partial charge in [0.2, 0.25) is 5.91 Å². The molecule has 2 amide bonds. The van der Waals surface area contributed by atoms with Gasteiger partial charge in [0.25, 0.3) is 5.91 Å². The Morgan fingerprint density at radius 2 is 2.14 bits per heavy atom. The molecule has 7 nitrogen and oxygen atoms in total. The number of aromatic amines is 1. The maximum Gasteiger partial charge on any atom is 0.270 e. The molecule has 4 rings (SSSR count). The van der Waals surface area contributed by atoms with Gasteiger partial charge in [-0.05, 0) is 60.9 Å². The average Bonchev–Trinajstić information content (AvgIpc) is 3.06. The zero-order chi connectivity index (χ0) is 20.5. The molecule has 0 radical (unpaired) electrons. The van der Waals surface area contributed by atoms with Crippen LogP contribution >= 0.6 is 0 Å². The van der Waals surface area contributed by atoms with Gasteiger partial charge in [0, 0.05) is 43.0 Å². The van der Waals surface area contributed by atoms with Crippen LogP contribution in [0.5, 0.6) is 5.75 Å². The van der Waals surface area contributed by atoms with E-state index in [0.717, 1.165) is 22.0 Å². The lowest BCUT2D eigenvalue weighted by Crippen LogP contribution is -2.36. The molecule has 3 aromatic rings. The van der Waals surface area contributed by atoms with E-state index in [2.05, 4.69) is 34.3 Å². The van der Waals surface area contributed by atoms with Gasteiger partial charge in [0.15, 0.2) is 17.7 Å². The van der Waals surface area contributed by atoms with Crippen LogP contribution in [0.15, 0.2) is 48.8 Å². The number of rotatable bonds is 4. The van der Waals surface area contributed by atoms with Gasteiger partial charge < -0.3 is 19.9 Å². The zero-order valence-corrected chi connectivity index (χ0v) is 16.5. The number of H-pyrrole nitrogens is 1. The molecule has 0 spiro atoms. The minimum atomic E-state index is -0.871. The fourth-order valence-electron chi connectivity index (χ4n) is 3.35. The van der Waals surface area contributed by atoms with Crippen molar-refractivity contribution in [2.45, 2.75) is 26.5 Å². The minimum absolute atomic E-state index is 0.205. The van der Waals surface area contributed by atoms with Gasteiger partial charge in [-0.2, -0.15) is 0 Å². The first kappa shape index (κ1) is 18.7. The number of amides is 2. The molecule has 1 unspecified atom stereocenters. The van der Waals surface area contributed by atoms with Crippen LogP contribution in [0.1, 0.15) is 16.7 Å². The molecule has 2 N–H and O–H groups in total. The van der Waals surface area contributed by atoms with Crippen molar-refractivity contribution < 1.29 is 14.3 Å². The molecule has 7 heteroatoms. The van der Waals surface area contributed by atoms with E-state index in [9.17, 15) is 9.59 Å². The summed E-state index contributed by atoms with van der Waals surface area (Å²) >= 11 is 0. The topological polar surface area (TPSA) is 87.3 Å². The number of pyridine rings is 1. The molecule has 0 fully saturated rings. The molecule has 29 heavy (non-hydrogen) atoms. The number of carbonyl (C=O) groups excluding carboxylic acids is 2. The molecule has 3 heterocycles. The molecular weight excluding hydrogens is 368 g/mol. The number of carbonyl (C=O) groups is 2. The number of aromatic nitrogens is 2. The van der Waals surface area contributed by atoms with Crippen LogP contribution in [0.4, 0.5) is 5.82 Å². The summed E-state index contributed by atoms with van der Waals surface area (Å²) in [6, 6.07) is 7.66. The Labute approximate surface area is 168 Å². The summed E-state index contributed by atoms with van der Waals surface area (Å²) in [4.78, 5) is 33.6. The van der Waals surface area contributed by atoms with Crippen molar-refractivity contribution in [1.82, 2.24) is 14.9 Å². The van der Waals surface area contributed by atoms with Crippen LogP contribution in [0, 0.1) is 13.8 Å². The van der Waals surface area contributed by atoms with Crippen molar-refractivity contribution in [1.29, 1.82) is 0 Å². The Hall–Kier alpha value is -3.61. The van der Waals surface area contributed by atoms with Crippen molar-refractivity contribution in [3.63, 3.8) is 0 Å². The SMILES string of the molecule is Cc1cc2[nH]cc(C)c2cc1CN(C)C(=O)/C=C/C1Oc2cccnc2NC1=O. The molecule has 0 aliphatic carbocycles. The summed E-state index contributed by atoms with van der Waals surface area (Å²) in [5.74, 6) is 0.306. The van der Waals surface area contributed by atoms with Gasteiger partial charge >= 0.3 is 0 Å². The Morgan fingerprint density at radius 1 is 1.31 bits per heavy atom. The summed E-state index contributed by atoms with van der Waals surface area (Å²) in [5.41, 5.74) is 4.46. The van der Waals surface area contributed by atoms with Gasteiger partial charge in [-0.3, -0.25) is 9.59 Å². The van der Waals surface area contributed by atoms with Gasteiger partial charge in [0.05, 0.1) is 0 Å². The second-order valence-electron chi connectivity index (χ2n) is 7.23. The van der Waals surface area contributed by atoms with E-state index in [-0.39, 0.29) is 11.8 Å². The lowest BCUT2D eigenvalue weighted by Gasteiger charge is -2.23. The third-order valence-corrected chi connectivity index (χ3v) is 5.07. The number of likely N-dealkylation sites (N-methyl/N-ethyl adjacent to an activating group) is 1. The molecule has 1 aliphatic heterocycles. The largest absolute Gasteiger partial charge is 0.473 e. The number of aryl methyl sites for hydroxylation is 2. The summed E-state index contributed by atoms with van der Waals surface area (Å²) in [7, 11) is 1.74. The number of ether oxygens (including phenoxy) is 1. The highest BCUT2D eigenvalue weighted by Crippen LogP contribution is 2.27. The van der Waals surface area contributed by atoms with E-state index in [0.29, 0.717) is 18.1 Å². The lowest BCUT2D eigenvalue weighted by atomic mass is 10.0. The van der Waals surface area contributed by atoms with E-state index in [1.54, 1.807) is 30.3 Å². The third-order valence-electron chi connectivity index (χ3n) is 5.07. The third kappa shape index (κ3) is 3.71. The number of fused-ring (bicyclic) bond motifs is 2. The lowest BCUT2D eigenvalue weighted by molar-refractivity contribution is -0.125.